The van der Waals surface area contributed by atoms with Crippen molar-refractivity contribution in [3.8, 4) is 11.3 Å². The molecule has 7 heteroatoms. The van der Waals surface area contributed by atoms with Gasteiger partial charge in [-0.1, -0.05) is 0 Å². The number of hydrogen-bond acceptors (Lipinski definition) is 5. The third-order valence-corrected chi connectivity index (χ3v) is 7.18. The van der Waals surface area contributed by atoms with Gasteiger partial charge in [0.25, 0.3) is 0 Å². The molecule has 0 unspecified atom stereocenters. The quantitative estimate of drug-likeness (QED) is 0.260. The van der Waals surface area contributed by atoms with Crippen LogP contribution in [0.15, 0.2) is 54.6 Å². The predicted octanol–water partition coefficient (Wildman–Crippen LogP) is 3.94. The molecule has 6 nitrogen and oxygen atoms in total. The average molecular weight is 440 g/mol. The van der Waals surface area contributed by atoms with E-state index in [2.05, 4.69) is 4.90 Å². The molecule has 0 amide bonds. The van der Waals surface area contributed by atoms with E-state index in [1.807, 2.05) is 30.3 Å². The van der Waals surface area contributed by atoms with Gasteiger partial charge in [0.15, 0.2) is 0 Å². The van der Waals surface area contributed by atoms with Crippen molar-refractivity contribution in [1.29, 1.82) is 0 Å². The third kappa shape index (κ3) is 3.77. The van der Waals surface area contributed by atoms with Crippen LogP contribution in [0.1, 0.15) is 34.1 Å². The van der Waals surface area contributed by atoms with Gasteiger partial charge in [-0.2, -0.15) is 0 Å². The molecule has 4 rings (SSSR count). The van der Waals surface area contributed by atoms with Crippen molar-refractivity contribution in [2.75, 3.05) is 18.0 Å². The van der Waals surface area contributed by atoms with E-state index >= 15 is 0 Å². The molecule has 28 heavy (non-hydrogen) atoms. The molecule has 1 saturated heterocycles. The van der Waals surface area contributed by atoms with E-state index in [1.165, 1.54) is 30.7 Å². The molecule has 1 fully saturated rings. The fourth-order valence-corrected chi connectivity index (χ4v) is 5.65. The summed E-state index contributed by atoms with van der Waals surface area (Å²) in [6.07, 6.45) is 3.55. The Balaban J connectivity index is 1.74. The van der Waals surface area contributed by atoms with Gasteiger partial charge in [0.2, 0.25) is 0 Å². The van der Waals surface area contributed by atoms with E-state index in [-0.39, 0.29) is 26.0 Å². The summed E-state index contributed by atoms with van der Waals surface area (Å²) in [4.78, 5) is 30.8. The number of ketones is 1. The summed E-state index contributed by atoms with van der Waals surface area (Å²) in [5, 5.41) is 10.9. The van der Waals surface area contributed by atoms with E-state index in [0.29, 0.717) is 10.0 Å². The number of nitro benzene ring substituents is 1. The number of aromatic nitrogens is 1. The molecule has 1 aliphatic heterocycles. The van der Waals surface area contributed by atoms with Gasteiger partial charge in [-0.15, -0.1) is 0 Å². The normalized spacial score (nSPS) is 14.1. The Kier molecular flexibility index (Phi) is 5.37. The Bertz CT molecular complexity index is 993. The van der Waals surface area contributed by atoms with Crippen LogP contribution in [0.4, 0.5) is 10.4 Å². The van der Waals surface area contributed by atoms with Gasteiger partial charge in [-0.05, 0) is 0 Å². The van der Waals surface area contributed by atoms with E-state index in [0.717, 1.165) is 41.9 Å². The molecule has 0 atom stereocenters. The molecule has 1 aromatic heterocycles. The van der Waals surface area contributed by atoms with Crippen LogP contribution in [0.5, 0.6) is 0 Å². The van der Waals surface area contributed by atoms with Gasteiger partial charge in [-0.25, -0.2) is 0 Å². The fraction of sp³-hybridized carbons (Fsp3) is 0.238. The molecule has 0 saturated carbocycles. The second kappa shape index (κ2) is 8.08. The zero-order valence-electron chi connectivity index (χ0n) is 15.2. The first kappa shape index (κ1) is 18.6. The standard InChI is InChI=1S/C21H19N3O3Se/c25-19(16-9-11-17(12-10-16)24(26)27)20-18(15-7-3-1-4-8-15)22-21(28-20)23-13-5-2-6-14-23/h1,3-4,7-12H,2,5-6,13-14H2. The van der Waals surface area contributed by atoms with Crippen molar-refractivity contribution in [1.82, 2.24) is 4.98 Å². The average Bonchev–Trinajstić information content (AvgIpc) is 3.20. The fourth-order valence-electron chi connectivity index (χ4n) is 3.34. The van der Waals surface area contributed by atoms with E-state index in [9.17, 15) is 14.9 Å². The Morgan fingerprint density at radius 1 is 1.00 bits per heavy atom. The van der Waals surface area contributed by atoms with Gasteiger partial charge in [0.1, 0.15) is 0 Å². The van der Waals surface area contributed by atoms with Gasteiger partial charge in [0.05, 0.1) is 0 Å². The van der Waals surface area contributed by atoms with Crippen LogP contribution in [0.25, 0.3) is 11.3 Å². The maximum atomic E-state index is 13.2. The zero-order chi connectivity index (χ0) is 19.5. The topological polar surface area (TPSA) is 76.3 Å². The van der Waals surface area contributed by atoms with Gasteiger partial charge >= 0.3 is 169 Å². The van der Waals surface area contributed by atoms with Crippen molar-refractivity contribution >= 4 is 30.7 Å². The molecule has 2 heterocycles. The summed E-state index contributed by atoms with van der Waals surface area (Å²) >= 11 is -0.179. The summed E-state index contributed by atoms with van der Waals surface area (Å²) in [5.41, 5.74) is 2.12. The molecule has 0 bridgehead atoms. The number of nitro groups is 1. The van der Waals surface area contributed by atoms with Crippen molar-refractivity contribution < 1.29 is 9.72 Å². The Morgan fingerprint density at radius 3 is 2.32 bits per heavy atom. The Hall–Kier alpha value is -2.76. The van der Waals surface area contributed by atoms with Crippen molar-refractivity contribution in [3.63, 3.8) is 0 Å². The first-order valence-electron chi connectivity index (χ1n) is 9.24. The number of hydrogen-bond donors (Lipinski definition) is 0. The van der Waals surface area contributed by atoms with E-state index in [4.69, 9.17) is 4.98 Å². The number of anilines is 1. The number of carbonyl (C=O) groups is 1. The SMILES string of the molecule is O=C(c1ccc([N+](=O)[O-])cc1)c1[se]c(N2CCCCC2)nc1-c1ccccc1. The molecule has 0 aliphatic carbocycles. The number of carbonyl (C=O) groups excluding carboxylic acids is 1. The molecule has 1 aliphatic rings. The third-order valence-electron chi connectivity index (χ3n) is 4.84. The molecule has 3 aromatic rings. The van der Waals surface area contributed by atoms with Crippen LogP contribution in [0.3, 0.4) is 0 Å². The number of benzene rings is 2. The first-order valence-corrected chi connectivity index (χ1v) is 10.9. The Labute approximate surface area is 168 Å². The van der Waals surface area contributed by atoms with Crippen LogP contribution >= 0.6 is 0 Å². The molecular formula is C21H19N3O3Se. The van der Waals surface area contributed by atoms with Crippen molar-refractivity contribution in [2.45, 2.75) is 19.3 Å². The Morgan fingerprint density at radius 2 is 1.68 bits per heavy atom. The van der Waals surface area contributed by atoms with E-state index in [1.54, 1.807) is 0 Å². The number of nitrogens with zero attached hydrogens (tertiary/aromatic N) is 3. The molecule has 142 valence electrons. The van der Waals surface area contributed by atoms with Gasteiger partial charge in [0, 0.05) is 0 Å². The van der Waals surface area contributed by atoms with Crippen molar-refractivity contribution in [2.24, 2.45) is 0 Å². The predicted molar refractivity (Wildman–Crippen MR) is 109 cm³/mol. The summed E-state index contributed by atoms with van der Waals surface area (Å²) in [7, 11) is 0. The monoisotopic (exact) mass is 441 g/mol. The van der Waals surface area contributed by atoms with Gasteiger partial charge < -0.3 is 0 Å². The summed E-state index contributed by atoms with van der Waals surface area (Å²) in [6, 6.07) is 15.6. The minimum absolute atomic E-state index is 0.0176. The van der Waals surface area contributed by atoms with Crippen LogP contribution in [0.2, 0.25) is 0 Å². The summed E-state index contributed by atoms with van der Waals surface area (Å²) < 4.78 is 1.73. The van der Waals surface area contributed by atoms with Crippen LogP contribution < -0.4 is 4.90 Å². The van der Waals surface area contributed by atoms with Gasteiger partial charge in [-0.3, -0.25) is 0 Å². The van der Waals surface area contributed by atoms with Crippen LogP contribution in [0, 0.1) is 10.1 Å². The molecule has 2 aromatic carbocycles. The van der Waals surface area contributed by atoms with E-state index < -0.39 is 4.92 Å². The molecule has 0 spiro atoms. The second-order valence-corrected chi connectivity index (χ2v) is 8.77. The zero-order valence-corrected chi connectivity index (χ0v) is 16.9. The molecule has 0 N–H and O–H groups in total. The number of non-ortho nitro benzene ring substituents is 1. The van der Waals surface area contributed by atoms with Crippen molar-refractivity contribution in [3.05, 3.63) is 74.7 Å². The first-order chi connectivity index (χ1) is 13.6. The molecule has 0 radical (unpaired) electrons. The number of rotatable bonds is 5. The summed E-state index contributed by atoms with van der Waals surface area (Å²) in [6.45, 7) is 1.98. The van der Waals surface area contributed by atoms with Crippen LogP contribution in [-0.4, -0.2) is 43.3 Å². The molecular weight excluding hydrogens is 421 g/mol. The second-order valence-electron chi connectivity index (χ2n) is 6.72. The number of piperidine rings is 1. The minimum atomic E-state index is -0.458. The maximum absolute atomic E-state index is 13.2. The van der Waals surface area contributed by atoms with Crippen LogP contribution in [-0.2, 0) is 0 Å². The summed E-state index contributed by atoms with van der Waals surface area (Å²) in [5.74, 6) is -0.0930.